The smallest absolute Gasteiger partial charge is 0.135 e. The predicted octanol–water partition coefficient (Wildman–Crippen LogP) is 10.3. The van der Waals surface area contributed by atoms with Crippen LogP contribution < -0.4 is 4.74 Å². The topological polar surface area (TPSA) is 9.23 Å². The van der Waals surface area contributed by atoms with Gasteiger partial charge < -0.3 is 4.74 Å². The molecule has 0 unspecified atom stereocenters. The van der Waals surface area contributed by atoms with E-state index < -0.39 is 0 Å². The maximum Gasteiger partial charge on any atom is 0.135 e. The van der Waals surface area contributed by atoms with Gasteiger partial charge in [0, 0.05) is 31.1 Å². The monoisotopic (exact) mass is 476 g/mol. The summed E-state index contributed by atoms with van der Waals surface area (Å²) in [4.78, 5) is 0. The van der Waals surface area contributed by atoms with Crippen LogP contribution in [0.15, 0.2) is 121 Å². The van der Waals surface area contributed by atoms with Crippen LogP contribution in [0.25, 0.3) is 64.3 Å². The number of benzene rings is 6. The van der Waals surface area contributed by atoms with Crippen molar-refractivity contribution in [2.24, 2.45) is 0 Å². The highest BCUT2D eigenvalue weighted by molar-refractivity contribution is 7.25. The molecule has 1 aliphatic rings. The van der Waals surface area contributed by atoms with Crippen LogP contribution in [-0.2, 0) is 0 Å². The maximum atomic E-state index is 6.27. The third-order valence-electron chi connectivity index (χ3n) is 7.27. The van der Waals surface area contributed by atoms with Crippen molar-refractivity contribution in [3.8, 4) is 44.9 Å². The van der Waals surface area contributed by atoms with Crippen LogP contribution >= 0.6 is 11.3 Å². The highest BCUT2D eigenvalue weighted by Gasteiger charge is 2.21. The summed E-state index contributed by atoms with van der Waals surface area (Å²) in [7, 11) is 0. The first-order chi connectivity index (χ1) is 17.8. The highest BCUT2D eigenvalue weighted by atomic mass is 32.1. The zero-order valence-corrected chi connectivity index (χ0v) is 20.2. The van der Waals surface area contributed by atoms with Crippen molar-refractivity contribution in [3.63, 3.8) is 0 Å². The lowest BCUT2D eigenvalue weighted by Gasteiger charge is -2.22. The van der Waals surface area contributed by atoms with Gasteiger partial charge in [-0.15, -0.1) is 11.3 Å². The summed E-state index contributed by atoms with van der Waals surface area (Å²) in [5, 5.41) is 5.05. The van der Waals surface area contributed by atoms with Gasteiger partial charge in [-0.1, -0.05) is 84.9 Å². The second-order valence-corrected chi connectivity index (χ2v) is 10.4. The Morgan fingerprint density at radius 2 is 1.14 bits per heavy atom. The van der Waals surface area contributed by atoms with Gasteiger partial charge in [0.15, 0.2) is 0 Å². The van der Waals surface area contributed by atoms with Gasteiger partial charge in [-0.2, -0.15) is 0 Å². The van der Waals surface area contributed by atoms with Crippen LogP contribution in [0.3, 0.4) is 0 Å². The summed E-state index contributed by atoms with van der Waals surface area (Å²) in [6.45, 7) is 0. The Hall–Kier alpha value is -4.40. The first kappa shape index (κ1) is 19.9. The van der Waals surface area contributed by atoms with E-state index in [9.17, 15) is 0 Å². The molecule has 0 atom stereocenters. The molecule has 168 valence electrons. The minimum absolute atomic E-state index is 0.914. The first-order valence-corrected chi connectivity index (χ1v) is 13.0. The van der Waals surface area contributed by atoms with Crippen molar-refractivity contribution in [1.82, 2.24) is 0 Å². The molecular formula is C34H20OS. The summed E-state index contributed by atoms with van der Waals surface area (Å²) in [5.74, 6) is 1.84. The third kappa shape index (κ3) is 2.82. The van der Waals surface area contributed by atoms with Gasteiger partial charge in [0.2, 0.25) is 0 Å². The van der Waals surface area contributed by atoms with Crippen molar-refractivity contribution in [1.29, 1.82) is 0 Å². The Morgan fingerprint density at radius 1 is 0.444 bits per heavy atom. The van der Waals surface area contributed by atoms with E-state index in [1.54, 1.807) is 0 Å². The van der Waals surface area contributed by atoms with Crippen molar-refractivity contribution in [2.75, 3.05) is 0 Å². The van der Waals surface area contributed by atoms with E-state index in [0.717, 1.165) is 17.1 Å². The Morgan fingerprint density at radius 3 is 2.08 bits per heavy atom. The molecule has 2 heterocycles. The molecule has 0 radical (unpaired) electrons. The molecule has 0 N–H and O–H groups in total. The number of thiophene rings is 1. The highest BCUT2D eigenvalue weighted by Crippen LogP contribution is 2.49. The van der Waals surface area contributed by atoms with Gasteiger partial charge in [0.25, 0.3) is 0 Å². The van der Waals surface area contributed by atoms with E-state index in [-0.39, 0.29) is 0 Å². The molecule has 8 rings (SSSR count). The molecule has 0 bridgehead atoms. The number of para-hydroxylation sites is 1. The Bertz CT molecular complexity index is 1980. The summed E-state index contributed by atoms with van der Waals surface area (Å²) in [6, 6.07) is 43.6. The van der Waals surface area contributed by atoms with E-state index in [2.05, 4.69) is 115 Å². The quantitative estimate of drug-likeness (QED) is 0.241. The molecule has 6 aromatic carbocycles. The molecule has 0 spiro atoms. The minimum Gasteiger partial charge on any atom is -0.456 e. The Labute approximate surface area is 212 Å². The zero-order valence-electron chi connectivity index (χ0n) is 19.4. The lowest BCUT2D eigenvalue weighted by molar-refractivity contribution is 0.487. The molecule has 7 aromatic rings. The molecule has 0 saturated carbocycles. The summed E-state index contributed by atoms with van der Waals surface area (Å²) < 4.78 is 8.93. The van der Waals surface area contributed by atoms with Gasteiger partial charge in [-0.05, 0) is 69.6 Å². The van der Waals surface area contributed by atoms with Crippen LogP contribution in [0.2, 0.25) is 0 Å². The minimum atomic E-state index is 0.914. The molecule has 36 heavy (non-hydrogen) atoms. The molecule has 0 amide bonds. The molecule has 1 aromatic heterocycles. The average molecular weight is 477 g/mol. The molecule has 0 saturated heterocycles. The standard InChI is InChI=1S/C34H20OS/c1-2-11-24(26-14-8-18-32-34(26)27-13-4-6-17-31(27)36-32)23(10-1)22-19-21-9-7-16-30-33(21)28(20-22)25-12-3-5-15-29(25)35-30/h1-20H. The summed E-state index contributed by atoms with van der Waals surface area (Å²) >= 11 is 1.87. The second-order valence-electron chi connectivity index (χ2n) is 9.30. The van der Waals surface area contributed by atoms with Crippen LogP contribution in [0.1, 0.15) is 0 Å². The molecular weight excluding hydrogens is 456 g/mol. The van der Waals surface area contributed by atoms with E-state index in [1.807, 2.05) is 17.4 Å². The normalized spacial score (nSPS) is 12.1. The van der Waals surface area contributed by atoms with E-state index in [1.165, 1.54) is 58.8 Å². The van der Waals surface area contributed by atoms with Crippen molar-refractivity contribution >= 4 is 42.3 Å². The zero-order chi connectivity index (χ0) is 23.6. The number of rotatable bonds is 2. The van der Waals surface area contributed by atoms with Gasteiger partial charge in [0.05, 0.1) is 0 Å². The predicted molar refractivity (Wildman–Crippen MR) is 153 cm³/mol. The first-order valence-electron chi connectivity index (χ1n) is 12.2. The van der Waals surface area contributed by atoms with Crippen LogP contribution in [0, 0.1) is 0 Å². The summed E-state index contributed by atoms with van der Waals surface area (Å²) in [6.07, 6.45) is 0. The van der Waals surface area contributed by atoms with Crippen LogP contribution in [-0.4, -0.2) is 0 Å². The Kier molecular flexibility index (Phi) is 4.16. The van der Waals surface area contributed by atoms with E-state index in [0.29, 0.717) is 0 Å². The van der Waals surface area contributed by atoms with Crippen molar-refractivity contribution in [2.45, 2.75) is 0 Å². The van der Waals surface area contributed by atoms with E-state index >= 15 is 0 Å². The van der Waals surface area contributed by atoms with E-state index in [4.69, 9.17) is 4.74 Å². The molecule has 1 nitrogen and oxygen atoms in total. The lowest BCUT2D eigenvalue weighted by atomic mass is 9.87. The fourth-order valence-corrected chi connectivity index (χ4v) is 6.84. The summed E-state index contributed by atoms with van der Waals surface area (Å²) in [5.41, 5.74) is 7.38. The van der Waals surface area contributed by atoms with Crippen LogP contribution in [0.5, 0.6) is 11.5 Å². The second kappa shape index (κ2) is 7.55. The molecule has 1 aliphatic heterocycles. The van der Waals surface area contributed by atoms with Gasteiger partial charge in [-0.3, -0.25) is 0 Å². The molecule has 0 aliphatic carbocycles. The lowest BCUT2D eigenvalue weighted by Crippen LogP contribution is -1.97. The Balaban J connectivity index is 1.43. The third-order valence-corrected chi connectivity index (χ3v) is 8.40. The molecule has 2 heteroatoms. The van der Waals surface area contributed by atoms with Crippen molar-refractivity contribution in [3.05, 3.63) is 121 Å². The van der Waals surface area contributed by atoms with Gasteiger partial charge in [0.1, 0.15) is 11.5 Å². The van der Waals surface area contributed by atoms with Gasteiger partial charge >= 0.3 is 0 Å². The number of hydrogen-bond donors (Lipinski definition) is 0. The van der Waals surface area contributed by atoms with Crippen molar-refractivity contribution < 1.29 is 4.74 Å². The van der Waals surface area contributed by atoms with Gasteiger partial charge in [-0.25, -0.2) is 0 Å². The maximum absolute atomic E-state index is 6.27. The SMILES string of the molecule is c1ccc2c(c1)Oc1cccc3cc(-c4ccccc4-c4cccc5sc6ccccc6c45)cc-2c13. The largest absolute Gasteiger partial charge is 0.456 e. The number of hydrogen-bond acceptors (Lipinski definition) is 2. The van der Waals surface area contributed by atoms with Crippen LogP contribution in [0.4, 0.5) is 0 Å². The number of ether oxygens (including phenoxy) is 1. The fourth-order valence-electron chi connectivity index (χ4n) is 5.71. The number of fused-ring (bicyclic) bond motifs is 5. The fraction of sp³-hybridized carbons (Fsp3) is 0. The average Bonchev–Trinajstić information content (AvgIpc) is 3.32. The molecule has 0 fully saturated rings.